The molecule has 2 rings (SSSR count). The maximum absolute atomic E-state index is 14.2. The van der Waals surface area contributed by atoms with Crippen LogP contribution in [0.4, 0.5) is 8.78 Å². The van der Waals surface area contributed by atoms with Crippen LogP contribution in [0.3, 0.4) is 0 Å². The van der Waals surface area contributed by atoms with Crippen LogP contribution in [0.5, 0.6) is 0 Å². The highest BCUT2D eigenvalue weighted by atomic mass is 32.2. The smallest absolute Gasteiger partial charge is 0.273 e. The summed E-state index contributed by atoms with van der Waals surface area (Å²) in [5.74, 6) is -1.84. The number of nitrogens with two attached hydrogens (primary N) is 1. The number of nitrogens with zero attached hydrogens (tertiary/aromatic N) is 3. The van der Waals surface area contributed by atoms with E-state index in [2.05, 4.69) is 10.2 Å². The zero-order valence-corrected chi connectivity index (χ0v) is 12.3. The van der Waals surface area contributed by atoms with Gasteiger partial charge in [-0.2, -0.15) is 0 Å². The zero-order chi connectivity index (χ0) is 15.8. The molecule has 1 heterocycles. The average molecular weight is 316 g/mol. The first-order chi connectivity index (χ1) is 9.77. The maximum Gasteiger partial charge on any atom is 0.273 e. The van der Waals surface area contributed by atoms with Crippen LogP contribution < -0.4 is 5.14 Å². The van der Waals surface area contributed by atoms with Gasteiger partial charge in [0.2, 0.25) is 0 Å². The minimum absolute atomic E-state index is 0.168. The van der Waals surface area contributed by atoms with Crippen LogP contribution in [0.1, 0.15) is 18.9 Å². The van der Waals surface area contributed by atoms with Gasteiger partial charge in [0.1, 0.15) is 11.6 Å². The summed E-state index contributed by atoms with van der Waals surface area (Å²) in [5, 5.41) is 11.6. The van der Waals surface area contributed by atoms with Crippen molar-refractivity contribution < 1.29 is 17.2 Å². The fourth-order valence-electron chi connectivity index (χ4n) is 1.97. The summed E-state index contributed by atoms with van der Waals surface area (Å²) in [6, 6.07) is 2.38. The largest absolute Gasteiger partial charge is 0.297 e. The molecular formula is C12H14F2N4O2S. The quantitative estimate of drug-likeness (QED) is 0.927. The Morgan fingerprint density at radius 2 is 1.95 bits per heavy atom. The summed E-state index contributed by atoms with van der Waals surface area (Å²) >= 11 is 0. The molecule has 2 aromatic rings. The summed E-state index contributed by atoms with van der Waals surface area (Å²) in [7, 11) is -4.13. The van der Waals surface area contributed by atoms with E-state index in [9.17, 15) is 17.2 Å². The Morgan fingerprint density at radius 1 is 1.29 bits per heavy atom. The third-order valence-corrected chi connectivity index (χ3v) is 3.74. The summed E-state index contributed by atoms with van der Waals surface area (Å²) < 4.78 is 52.2. The van der Waals surface area contributed by atoms with Gasteiger partial charge in [-0.15, -0.1) is 10.2 Å². The monoisotopic (exact) mass is 316 g/mol. The van der Waals surface area contributed by atoms with E-state index in [0.717, 1.165) is 10.6 Å². The molecule has 6 nitrogen and oxygen atoms in total. The molecule has 0 amide bonds. The highest BCUT2D eigenvalue weighted by Crippen LogP contribution is 2.28. The van der Waals surface area contributed by atoms with E-state index in [0.29, 0.717) is 6.42 Å². The molecule has 0 fully saturated rings. The third kappa shape index (κ3) is 2.79. The summed E-state index contributed by atoms with van der Waals surface area (Å²) in [6.07, 6.45) is 0.516. The Bertz CT molecular complexity index is 787. The topological polar surface area (TPSA) is 90.9 Å². The first kappa shape index (κ1) is 15.5. The Hall–Kier alpha value is -1.87. The van der Waals surface area contributed by atoms with Crippen molar-refractivity contribution in [3.8, 4) is 11.4 Å². The second kappa shape index (κ2) is 5.49. The van der Waals surface area contributed by atoms with Crippen molar-refractivity contribution in [1.82, 2.24) is 14.8 Å². The van der Waals surface area contributed by atoms with Crippen LogP contribution in [0, 0.1) is 18.6 Å². The lowest BCUT2D eigenvalue weighted by Crippen LogP contribution is -2.19. The SMILES string of the molecule is CCCn1c(-c2c(F)ccc(C)c2F)nnc1S(N)(=O)=O. The molecule has 0 aliphatic heterocycles. The van der Waals surface area contributed by atoms with Crippen LogP contribution in [-0.2, 0) is 16.6 Å². The standard InChI is InChI=1S/C12H14F2N4O2S/c1-3-6-18-11(16-17-12(18)21(15,19)20)9-8(13)5-4-7(2)10(9)14/h4-5H,3,6H2,1-2H3,(H2,15,19,20). The van der Waals surface area contributed by atoms with Crippen molar-refractivity contribution >= 4 is 10.0 Å². The molecule has 1 aromatic heterocycles. The van der Waals surface area contributed by atoms with Crippen LogP contribution in [-0.4, -0.2) is 23.2 Å². The molecular weight excluding hydrogens is 302 g/mol. The molecule has 114 valence electrons. The van der Waals surface area contributed by atoms with E-state index in [1.54, 1.807) is 6.92 Å². The number of aryl methyl sites for hydroxylation is 1. The van der Waals surface area contributed by atoms with Gasteiger partial charge in [0.15, 0.2) is 5.82 Å². The predicted molar refractivity (Wildman–Crippen MR) is 71.8 cm³/mol. The number of aromatic nitrogens is 3. The van der Waals surface area contributed by atoms with Gasteiger partial charge in [-0.1, -0.05) is 13.0 Å². The first-order valence-electron chi connectivity index (χ1n) is 6.18. The van der Waals surface area contributed by atoms with Crippen molar-refractivity contribution in [2.24, 2.45) is 5.14 Å². The van der Waals surface area contributed by atoms with Gasteiger partial charge < -0.3 is 0 Å². The average Bonchev–Trinajstić information content (AvgIpc) is 2.79. The van der Waals surface area contributed by atoms with Crippen molar-refractivity contribution in [2.75, 3.05) is 0 Å². The molecule has 0 bridgehead atoms. The molecule has 9 heteroatoms. The van der Waals surface area contributed by atoms with Crippen LogP contribution in [0.25, 0.3) is 11.4 Å². The fraction of sp³-hybridized carbons (Fsp3) is 0.333. The van der Waals surface area contributed by atoms with E-state index in [-0.39, 0.29) is 17.9 Å². The third-order valence-electron chi connectivity index (χ3n) is 2.93. The number of rotatable bonds is 4. The van der Waals surface area contributed by atoms with Gasteiger partial charge in [0.05, 0.1) is 5.56 Å². The van der Waals surface area contributed by atoms with E-state index >= 15 is 0 Å². The molecule has 0 aliphatic rings. The number of hydrogen-bond acceptors (Lipinski definition) is 4. The van der Waals surface area contributed by atoms with Crippen LogP contribution in [0.2, 0.25) is 0 Å². The highest BCUT2D eigenvalue weighted by Gasteiger charge is 2.25. The van der Waals surface area contributed by atoms with Gasteiger partial charge in [-0.3, -0.25) is 4.57 Å². The van der Waals surface area contributed by atoms with Gasteiger partial charge in [-0.25, -0.2) is 22.3 Å². The number of primary sulfonamides is 1. The van der Waals surface area contributed by atoms with Crippen LogP contribution in [0.15, 0.2) is 17.3 Å². The summed E-state index contributed by atoms with van der Waals surface area (Å²) in [5.41, 5.74) is -0.194. The number of halogens is 2. The molecule has 21 heavy (non-hydrogen) atoms. The molecule has 0 saturated heterocycles. The van der Waals surface area contributed by atoms with Crippen molar-refractivity contribution in [3.05, 3.63) is 29.3 Å². The Kier molecular flexibility index (Phi) is 4.06. The minimum Gasteiger partial charge on any atom is -0.297 e. The van der Waals surface area contributed by atoms with E-state index in [4.69, 9.17) is 5.14 Å². The number of benzene rings is 1. The first-order valence-corrected chi connectivity index (χ1v) is 7.73. The lowest BCUT2D eigenvalue weighted by atomic mass is 10.1. The minimum atomic E-state index is -4.13. The second-order valence-electron chi connectivity index (χ2n) is 4.56. The van der Waals surface area contributed by atoms with Gasteiger partial charge in [0, 0.05) is 6.54 Å². The summed E-state index contributed by atoms with van der Waals surface area (Å²) in [4.78, 5) is 0. The Balaban J connectivity index is 2.77. The van der Waals surface area contributed by atoms with Crippen molar-refractivity contribution in [3.63, 3.8) is 0 Å². The highest BCUT2D eigenvalue weighted by molar-refractivity contribution is 7.89. The molecule has 0 unspecified atom stereocenters. The molecule has 0 spiro atoms. The zero-order valence-electron chi connectivity index (χ0n) is 11.5. The molecule has 2 N–H and O–H groups in total. The number of hydrogen-bond donors (Lipinski definition) is 1. The second-order valence-corrected chi connectivity index (χ2v) is 6.01. The predicted octanol–water partition coefficient (Wildman–Crippen LogP) is 1.59. The van der Waals surface area contributed by atoms with E-state index in [1.807, 2.05) is 0 Å². The number of sulfonamides is 1. The van der Waals surface area contributed by atoms with Gasteiger partial charge in [-0.05, 0) is 25.0 Å². The van der Waals surface area contributed by atoms with Gasteiger partial charge >= 0.3 is 0 Å². The summed E-state index contributed by atoms with van der Waals surface area (Å²) in [6.45, 7) is 3.42. The maximum atomic E-state index is 14.2. The Morgan fingerprint density at radius 3 is 2.52 bits per heavy atom. The molecule has 0 radical (unpaired) electrons. The molecule has 1 aromatic carbocycles. The van der Waals surface area contributed by atoms with E-state index < -0.39 is 32.4 Å². The Labute approximate surface area is 120 Å². The lowest BCUT2D eigenvalue weighted by molar-refractivity contribution is 0.552. The fourth-order valence-corrected chi connectivity index (χ4v) is 2.61. The van der Waals surface area contributed by atoms with Crippen LogP contribution >= 0.6 is 0 Å². The molecule has 0 saturated carbocycles. The molecule has 0 aliphatic carbocycles. The van der Waals surface area contributed by atoms with Crippen molar-refractivity contribution in [1.29, 1.82) is 0 Å². The lowest BCUT2D eigenvalue weighted by Gasteiger charge is -2.10. The molecule has 0 atom stereocenters. The van der Waals surface area contributed by atoms with Gasteiger partial charge in [0.25, 0.3) is 15.2 Å². The van der Waals surface area contributed by atoms with Crippen molar-refractivity contribution in [2.45, 2.75) is 32.0 Å². The van der Waals surface area contributed by atoms with E-state index in [1.165, 1.54) is 13.0 Å². The normalized spacial score (nSPS) is 11.9.